The van der Waals surface area contributed by atoms with E-state index in [9.17, 15) is 9.90 Å². The standard InChI is InChI=1S/C15H21NO4/c17-10-13-6-8-16(9-7-14(13)18)15(19)20-11-12-4-2-1-3-5-12/h1-5,13-14,17-18H,6-11H2. The Morgan fingerprint density at radius 2 is 1.95 bits per heavy atom. The van der Waals surface area contributed by atoms with Crippen LogP contribution in [0.25, 0.3) is 0 Å². The molecule has 110 valence electrons. The summed E-state index contributed by atoms with van der Waals surface area (Å²) in [4.78, 5) is 13.6. The summed E-state index contributed by atoms with van der Waals surface area (Å²) >= 11 is 0. The van der Waals surface area contributed by atoms with Gasteiger partial charge in [0.15, 0.2) is 0 Å². The van der Waals surface area contributed by atoms with Gasteiger partial charge in [-0.3, -0.25) is 0 Å². The Kier molecular flexibility index (Phi) is 5.38. The number of carbonyl (C=O) groups is 1. The number of ether oxygens (including phenoxy) is 1. The lowest BCUT2D eigenvalue weighted by Gasteiger charge is -2.19. The van der Waals surface area contributed by atoms with Crippen molar-refractivity contribution in [3.05, 3.63) is 35.9 Å². The number of aliphatic hydroxyl groups excluding tert-OH is 2. The summed E-state index contributed by atoms with van der Waals surface area (Å²) in [6.07, 6.45) is 0.163. The van der Waals surface area contributed by atoms with Crippen LogP contribution in [0.5, 0.6) is 0 Å². The molecule has 20 heavy (non-hydrogen) atoms. The van der Waals surface area contributed by atoms with Gasteiger partial charge in [-0.1, -0.05) is 30.3 Å². The molecule has 0 aromatic heterocycles. The molecule has 1 aromatic rings. The number of benzene rings is 1. The van der Waals surface area contributed by atoms with Crippen molar-refractivity contribution in [2.45, 2.75) is 25.6 Å². The summed E-state index contributed by atoms with van der Waals surface area (Å²) in [6.45, 7) is 1.18. The maximum Gasteiger partial charge on any atom is 0.410 e. The Morgan fingerprint density at radius 3 is 2.65 bits per heavy atom. The first-order valence-electron chi connectivity index (χ1n) is 6.95. The van der Waals surface area contributed by atoms with Gasteiger partial charge in [-0.05, 0) is 18.4 Å². The molecule has 1 saturated heterocycles. The molecule has 0 spiro atoms. The smallest absolute Gasteiger partial charge is 0.410 e. The fourth-order valence-electron chi connectivity index (χ4n) is 2.36. The van der Waals surface area contributed by atoms with E-state index in [4.69, 9.17) is 9.84 Å². The molecule has 5 nitrogen and oxygen atoms in total. The van der Waals surface area contributed by atoms with E-state index in [1.165, 1.54) is 0 Å². The first-order valence-corrected chi connectivity index (χ1v) is 6.95. The number of amides is 1. The molecule has 1 aliphatic rings. The zero-order valence-electron chi connectivity index (χ0n) is 11.4. The van der Waals surface area contributed by atoms with Crippen LogP contribution in [0.4, 0.5) is 4.79 Å². The van der Waals surface area contributed by atoms with Gasteiger partial charge in [0.2, 0.25) is 0 Å². The molecule has 1 heterocycles. The first-order chi connectivity index (χ1) is 9.70. The number of hydrogen-bond donors (Lipinski definition) is 2. The summed E-state index contributed by atoms with van der Waals surface area (Å²) in [5, 5.41) is 19.0. The molecule has 1 amide bonds. The van der Waals surface area contributed by atoms with Gasteiger partial charge >= 0.3 is 6.09 Å². The van der Waals surface area contributed by atoms with Gasteiger partial charge in [0.1, 0.15) is 6.61 Å². The second-order valence-corrected chi connectivity index (χ2v) is 5.11. The van der Waals surface area contributed by atoms with Crippen LogP contribution in [0.15, 0.2) is 30.3 Å². The normalized spacial score (nSPS) is 23.2. The molecule has 2 atom stereocenters. The van der Waals surface area contributed by atoms with Gasteiger partial charge in [0.05, 0.1) is 6.10 Å². The fourth-order valence-corrected chi connectivity index (χ4v) is 2.36. The summed E-state index contributed by atoms with van der Waals surface area (Å²) in [6, 6.07) is 9.52. The number of rotatable bonds is 3. The quantitative estimate of drug-likeness (QED) is 0.877. The van der Waals surface area contributed by atoms with Crippen molar-refractivity contribution in [3.8, 4) is 0 Å². The predicted molar refractivity (Wildman–Crippen MR) is 74.0 cm³/mol. The highest BCUT2D eigenvalue weighted by atomic mass is 16.6. The van der Waals surface area contributed by atoms with E-state index in [2.05, 4.69) is 0 Å². The molecule has 1 aromatic carbocycles. The minimum Gasteiger partial charge on any atom is -0.445 e. The van der Waals surface area contributed by atoms with E-state index in [0.717, 1.165) is 5.56 Å². The van der Waals surface area contributed by atoms with E-state index in [1.807, 2.05) is 30.3 Å². The van der Waals surface area contributed by atoms with Gasteiger partial charge in [0.25, 0.3) is 0 Å². The van der Waals surface area contributed by atoms with Gasteiger partial charge in [-0.15, -0.1) is 0 Å². The Hall–Kier alpha value is -1.59. The fraction of sp³-hybridized carbons (Fsp3) is 0.533. The maximum absolute atomic E-state index is 12.0. The zero-order valence-corrected chi connectivity index (χ0v) is 11.4. The number of hydrogen-bond acceptors (Lipinski definition) is 4. The molecular formula is C15H21NO4. The molecule has 2 rings (SSSR count). The molecule has 0 radical (unpaired) electrons. The topological polar surface area (TPSA) is 70.0 Å². The van der Waals surface area contributed by atoms with Crippen molar-refractivity contribution in [3.63, 3.8) is 0 Å². The third kappa shape index (κ3) is 3.95. The Morgan fingerprint density at radius 1 is 1.25 bits per heavy atom. The summed E-state index contributed by atoms with van der Waals surface area (Å²) < 4.78 is 5.27. The summed E-state index contributed by atoms with van der Waals surface area (Å²) in [5.74, 6) is -0.151. The van der Waals surface area contributed by atoms with Gasteiger partial charge < -0.3 is 19.8 Å². The largest absolute Gasteiger partial charge is 0.445 e. The Bertz CT molecular complexity index is 423. The van der Waals surface area contributed by atoms with E-state index >= 15 is 0 Å². The molecular weight excluding hydrogens is 258 g/mol. The highest BCUT2D eigenvalue weighted by Crippen LogP contribution is 2.18. The predicted octanol–water partition coefficient (Wildman–Crippen LogP) is 1.39. The van der Waals surface area contributed by atoms with Crippen molar-refractivity contribution < 1.29 is 19.7 Å². The van der Waals surface area contributed by atoms with Crippen LogP contribution in [0.3, 0.4) is 0 Å². The zero-order chi connectivity index (χ0) is 14.4. The monoisotopic (exact) mass is 279 g/mol. The van der Waals surface area contributed by atoms with E-state index in [-0.39, 0.29) is 25.2 Å². The summed E-state index contributed by atoms with van der Waals surface area (Å²) in [7, 11) is 0. The number of likely N-dealkylation sites (tertiary alicyclic amines) is 1. The third-order valence-electron chi connectivity index (χ3n) is 3.71. The molecule has 1 aliphatic heterocycles. The molecule has 2 unspecified atom stereocenters. The molecule has 0 saturated carbocycles. The SMILES string of the molecule is O=C(OCc1ccccc1)N1CCC(O)C(CO)CC1. The van der Waals surface area contributed by atoms with Crippen LogP contribution in [0.2, 0.25) is 0 Å². The van der Waals surface area contributed by atoms with Gasteiger partial charge in [0, 0.05) is 25.6 Å². The third-order valence-corrected chi connectivity index (χ3v) is 3.71. The molecule has 2 N–H and O–H groups in total. The second kappa shape index (κ2) is 7.26. The van der Waals surface area contributed by atoms with E-state index < -0.39 is 6.10 Å². The first kappa shape index (κ1) is 14.8. The lowest BCUT2D eigenvalue weighted by molar-refractivity contribution is 0.0652. The van der Waals surface area contributed by atoms with Crippen molar-refractivity contribution in [2.24, 2.45) is 5.92 Å². The lowest BCUT2D eigenvalue weighted by atomic mass is 9.99. The molecule has 5 heteroatoms. The number of aliphatic hydroxyl groups is 2. The lowest BCUT2D eigenvalue weighted by Crippen LogP contribution is -2.32. The van der Waals surface area contributed by atoms with Crippen LogP contribution in [-0.4, -0.2) is 47.0 Å². The van der Waals surface area contributed by atoms with E-state index in [1.54, 1.807) is 4.90 Å². The molecule has 0 aliphatic carbocycles. The van der Waals surface area contributed by atoms with Gasteiger partial charge in [-0.25, -0.2) is 4.79 Å². The Balaban J connectivity index is 1.83. The van der Waals surface area contributed by atoms with Crippen molar-refractivity contribution >= 4 is 6.09 Å². The van der Waals surface area contributed by atoms with Crippen LogP contribution in [0.1, 0.15) is 18.4 Å². The molecule has 0 bridgehead atoms. The highest BCUT2D eigenvalue weighted by Gasteiger charge is 2.26. The number of carbonyl (C=O) groups excluding carboxylic acids is 1. The maximum atomic E-state index is 12.0. The Labute approximate surface area is 118 Å². The van der Waals surface area contributed by atoms with Crippen molar-refractivity contribution in [1.29, 1.82) is 0 Å². The van der Waals surface area contributed by atoms with Crippen molar-refractivity contribution in [2.75, 3.05) is 19.7 Å². The summed E-state index contributed by atoms with van der Waals surface area (Å²) in [5.41, 5.74) is 0.948. The van der Waals surface area contributed by atoms with E-state index in [0.29, 0.717) is 25.9 Å². The van der Waals surface area contributed by atoms with Crippen LogP contribution < -0.4 is 0 Å². The van der Waals surface area contributed by atoms with Crippen molar-refractivity contribution in [1.82, 2.24) is 4.90 Å². The second-order valence-electron chi connectivity index (χ2n) is 5.11. The van der Waals surface area contributed by atoms with Gasteiger partial charge in [-0.2, -0.15) is 0 Å². The highest BCUT2D eigenvalue weighted by molar-refractivity contribution is 5.67. The van der Waals surface area contributed by atoms with Crippen LogP contribution in [0, 0.1) is 5.92 Å². The average molecular weight is 279 g/mol. The molecule has 1 fully saturated rings. The minimum absolute atomic E-state index is 0.0475. The van der Waals surface area contributed by atoms with Crippen LogP contribution >= 0.6 is 0 Å². The van der Waals surface area contributed by atoms with Crippen LogP contribution in [-0.2, 0) is 11.3 Å². The average Bonchev–Trinajstić information content (AvgIpc) is 2.67. The number of nitrogens with zero attached hydrogens (tertiary/aromatic N) is 1. The minimum atomic E-state index is -0.549.